The summed E-state index contributed by atoms with van der Waals surface area (Å²) in [5, 5.41) is 0.215. The summed E-state index contributed by atoms with van der Waals surface area (Å²) in [6, 6.07) is 13.1. The Balaban J connectivity index is 2.48. The normalized spacial score (nSPS) is 11.1. The number of benzene rings is 2. The lowest BCUT2D eigenvalue weighted by atomic mass is 10.2. The van der Waals surface area contributed by atoms with Crippen LogP contribution in [-0.4, -0.2) is 38.9 Å². The third-order valence-electron chi connectivity index (χ3n) is 4.22. The quantitative estimate of drug-likeness (QED) is 0.586. The topological polar surface area (TPSA) is 57.7 Å². The number of hydrogen-bond donors (Lipinski definition) is 0. The minimum atomic E-state index is -3.85. The summed E-state index contributed by atoms with van der Waals surface area (Å²) in [5.74, 6) is -0.324. The fourth-order valence-electron chi connectivity index (χ4n) is 2.86. The van der Waals surface area contributed by atoms with Gasteiger partial charge < -0.3 is 4.90 Å². The number of halogens is 1. The highest BCUT2D eigenvalue weighted by atomic mass is 35.5. The average molecular weight is 421 g/mol. The van der Waals surface area contributed by atoms with Gasteiger partial charge in [0.05, 0.1) is 21.2 Å². The van der Waals surface area contributed by atoms with Crippen molar-refractivity contribution in [3.8, 4) is 0 Å². The lowest BCUT2D eigenvalue weighted by molar-refractivity contribution is 0.0778. The van der Waals surface area contributed by atoms with E-state index in [1.165, 1.54) is 22.5 Å². The number of sulfonamides is 1. The Morgan fingerprint density at radius 2 is 1.71 bits per heavy atom. The molecule has 0 atom stereocenters. The molecule has 0 heterocycles. The van der Waals surface area contributed by atoms with Crippen LogP contribution >= 0.6 is 11.6 Å². The van der Waals surface area contributed by atoms with Crippen molar-refractivity contribution in [3.05, 3.63) is 71.3 Å². The van der Waals surface area contributed by atoms with Gasteiger partial charge in [0.15, 0.2) is 0 Å². The maximum absolute atomic E-state index is 13.2. The van der Waals surface area contributed by atoms with Crippen molar-refractivity contribution in [2.24, 2.45) is 0 Å². The largest absolute Gasteiger partial charge is 0.335 e. The van der Waals surface area contributed by atoms with E-state index in [4.69, 9.17) is 11.6 Å². The fourth-order valence-corrected chi connectivity index (χ4v) is 4.56. The number of amides is 1. The van der Waals surface area contributed by atoms with Gasteiger partial charge in [-0.15, -0.1) is 0 Å². The molecule has 150 valence electrons. The van der Waals surface area contributed by atoms with E-state index < -0.39 is 10.0 Å². The van der Waals surface area contributed by atoms with E-state index in [0.29, 0.717) is 18.8 Å². The van der Waals surface area contributed by atoms with Crippen molar-refractivity contribution in [2.45, 2.75) is 25.7 Å². The zero-order valence-corrected chi connectivity index (χ0v) is 17.9. The highest BCUT2D eigenvalue weighted by Gasteiger charge is 2.26. The van der Waals surface area contributed by atoms with Crippen molar-refractivity contribution in [1.29, 1.82) is 0 Å². The Labute approximate surface area is 172 Å². The summed E-state index contributed by atoms with van der Waals surface area (Å²) in [7, 11) is -3.85. The van der Waals surface area contributed by atoms with Gasteiger partial charge in [0.2, 0.25) is 0 Å². The van der Waals surface area contributed by atoms with Crippen LogP contribution in [0.3, 0.4) is 0 Å². The van der Waals surface area contributed by atoms with E-state index in [2.05, 4.69) is 6.58 Å². The summed E-state index contributed by atoms with van der Waals surface area (Å²) in [5.41, 5.74) is 1.55. The molecule has 2 aromatic carbocycles. The molecule has 0 aromatic heterocycles. The summed E-state index contributed by atoms with van der Waals surface area (Å²) >= 11 is 6.23. The minimum Gasteiger partial charge on any atom is -0.335 e. The number of likely N-dealkylation sites (N-methyl/N-ethyl adjacent to an activating group) is 1. The fraction of sp³-hybridized carbons (Fsp3) is 0.286. The summed E-state index contributed by atoms with van der Waals surface area (Å²) in [6.45, 7) is 10.4. The van der Waals surface area contributed by atoms with Crippen LogP contribution in [0.5, 0.6) is 0 Å². The van der Waals surface area contributed by atoms with E-state index in [0.717, 1.165) is 5.57 Å². The van der Waals surface area contributed by atoms with Crippen LogP contribution in [0.15, 0.2) is 65.6 Å². The Morgan fingerprint density at radius 1 is 1.07 bits per heavy atom. The zero-order chi connectivity index (χ0) is 20.9. The van der Waals surface area contributed by atoms with Gasteiger partial charge in [0.25, 0.3) is 15.9 Å². The van der Waals surface area contributed by atoms with E-state index in [-0.39, 0.29) is 27.9 Å². The SMILES string of the molecule is C=C(C)CN(CC)C(=O)c1cc(S(=O)(=O)N(CC)c2ccccc2)ccc1Cl. The molecule has 5 nitrogen and oxygen atoms in total. The Kier molecular flexibility index (Phi) is 7.27. The number of rotatable bonds is 8. The van der Waals surface area contributed by atoms with Crippen LogP contribution < -0.4 is 4.31 Å². The molecule has 0 fully saturated rings. The highest BCUT2D eigenvalue weighted by molar-refractivity contribution is 7.92. The Bertz CT molecular complexity index is 959. The monoisotopic (exact) mass is 420 g/mol. The van der Waals surface area contributed by atoms with Gasteiger partial charge in [-0.25, -0.2) is 8.42 Å². The number of nitrogens with zero attached hydrogens (tertiary/aromatic N) is 2. The zero-order valence-electron chi connectivity index (χ0n) is 16.4. The first-order valence-electron chi connectivity index (χ1n) is 9.03. The van der Waals surface area contributed by atoms with Gasteiger partial charge in [0.1, 0.15) is 0 Å². The molecular formula is C21H25ClN2O3S. The molecule has 0 aliphatic carbocycles. The molecule has 0 bridgehead atoms. The Hall–Kier alpha value is -2.31. The maximum atomic E-state index is 13.2. The predicted octanol–water partition coefficient (Wildman–Crippen LogP) is 4.59. The molecule has 1 amide bonds. The van der Waals surface area contributed by atoms with Crippen molar-refractivity contribution in [1.82, 2.24) is 4.90 Å². The molecule has 28 heavy (non-hydrogen) atoms. The standard InChI is InChI=1S/C21H25ClN2O3S/c1-5-23(15-16(3)4)21(25)19-14-18(12-13-20(19)22)28(26,27)24(6-2)17-10-8-7-9-11-17/h7-14H,3,5-6,15H2,1-2,4H3. The maximum Gasteiger partial charge on any atom is 0.264 e. The molecular weight excluding hydrogens is 396 g/mol. The number of para-hydroxylation sites is 1. The predicted molar refractivity (Wildman–Crippen MR) is 114 cm³/mol. The van der Waals surface area contributed by atoms with Crippen molar-refractivity contribution >= 4 is 33.2 Å². The number of carbonyl (C=O) groups is 1. The summed E-state index contributed by atoms with van der Waals surface area (Å²) in [6.07, 6.45) is 0. The first-order chi connectivity index (χ1) is 13.2. The first kappa shape index (κ1) is 22.0. The van der Waals surface area contributed by atoms with Gasteiger partial charge in [0, 0.05) is 19.6 Å². The highest BCUT2D eigenvalue weighted by Crippen LogP contribution is 2.27. The molecule has 0 radical (unpaired) electrons. The second-order valence-electron chi connectivity index (χ2n) is 6.42. The second-order valence-corrected chi connectivity index (χ2v) is 8.69. The van der Waals surface area contributed by atoms with E-state index in [9.17, 15) is 13.2 Å². The smallest absolute Gasteiger partial charge is 0.264 e. The van der Waals surface area contributed by atoms with E-state index >= 15 is 0 Å². The average Bonchev–Trinajstić information content (AvgIpc) is 2.66. The van der Waals surface area contributed by atoms with Gasteiger partial charge in [-0.1, -0.05) is 42.0 Å². The van der Waals surface area contributed by atoms with Crippen LogP contribution in [0.4, 0.5) is 5.69 Å². The first-order valence-corrected chi connectivity index (χ1v) is 10.8. The molecule has 0 N–H and O–H groups in total. The Morgan fingerprint density at radius 3 is 2.25 bits per heavy atom. The van der Waals surface area contributed by atoms with E-state index in [1.54, 1.807) is 36.1 Å². The van der Waals surface area contributed by atoms with Crippen LogP contribution in [-0.2, 0) is 10.0 Å². The molecule has 2 aromatic rings. The lowest BCUT2D eigenvalue weighted by Crippen LogP contribution is -2.33. The van der Waals surface area contributed by atoms with E-state index in [1.807, 2.05) is 19.9 Å². The molecule has 0 unspecified atom stereocenters. The van der Waals surface area contributed by atoms with Crippen LogP contribution in [0.1, 0.15) is 31.1 Å². The molecule has 0 spiro atoms. The summed E-state index contributed by atoms with van der Waals surface area (Å²) < 4.78 is 27.7. The third kappa shape index (κ3) is 4.75. The molecule has 0 saturated carbocycles. The van der Waals surface area contributed by atoms with Crippen LogP contribution in [0.2, 0.25) is 5.02 Å². The van der Waals surface area contributed by atoms with Crippen molar-refractivity contribution in [3.63, 3.8) is 0 Å². The molecule has 7 heteroatoms. The van der Waals surface area contributed by atoms with Crippen molar-refractivity contribution < 1.29 is 13.2 Å². The van der Waals surface area contributed by atoms with Crippen molar-refractivity contribution in [2.75, 3.05) is 23.9 Å². The van der Waals surface area contributed by atoms with Crippen LogP contribution in [0.25, 0.3) is 0 Å². The van der Waals surface area contributed by atoms with Gasteiger partial charge in [-0.05, 0) is 51.1 Å². The molecule has 0 saturated heterocycles. The van der Waals surface area contributed by atoms with Gasteiger partial charge >= 0.3 is 0 Å². The lowest BCUT2D eigenvalue weighted by Gasteiger charge is -2.24. The number of anilines is 1. The van der Waals surface area contributed by atoms with Crippen LogP contribution in [0, 0.1) is 0 Å². The molecule has 0 aliphatic heterocycles. The number of hydrogen-bond acceptors (Lipinski definition) is 3. The molecule has 0 aliphatic rings. The minimum absolute atomic E-state index is 0.0253. The van der Waals surface area contributed by atoms with Gasteiger partial charge in [-0.2, -0.15) is 0 Å². The number of carbonyl (C=O) groups excluding carboxylic acids is 1. The summed E-state index contributed by atoms with van der Waals surface area (Å²) in [4.78, 5) is 14.5. The second kappa shape index (κ2) is 9.26. The van der Waals surface area contributed by atoms with Gasteiger partial charge in [-0.3, -0.25) is 9.10 Å². The third-order valence-corrected chi connectivity index (χ3v) is 6.45. The molecule has 2 rings (SSSR count).